The normalized spacial score (nSPS) is 11.0. The number of ether oxygens (including phenoxy) is 1. The summed E-state index contributed by atoms with van der Waals surface area (Å²) < 4.78 is 5.32. The molecule has 2 heterocycles. The molecular weight excluding hydrogens is 371 g/mol. The van der Waals surface area contributed by atoms with Crippen molar-refractivity contribution in [3.05, 3.63) is 60.4 Å². The highest BCUT2D eigenvalue weighted by atomic mass is 35.5. The Morgan fingerprint density at radius 3 is 2.75 bits per heavy atom. The van der Waals surface area contributed by atoms with Crippen LogP contribution >= 0.6 is 34.5 Å². The maximum absolute atomic E-state index is 12.3. The highest BCUT2D eigenvalue weighted by molar-refractivity contribution is 7.20. The molecule has 8 heteroatoms. The second-order valence-corrected chi connectivity index (χ2v) is 7.03. The summed E-state index contributed by atoms with van der Waals surface area (Å²) in [6.07, 6.45) is 0. The fourth-order valence-corrected chi connectivity index (χ4v) is 3.73. The molecule has 0 saturated heterocycles. The number of rotatable bonds is 3. The standard InChI is InChI=1S/C16H12Cl2N2O3S/c1-7-12-14(21)19-8(2)20-15(12)24-13(7)16(22)23-6-9-3-4-10(17)11(18)5-9/h3-5H,6H2,1-2H3,(H,19,20,21). The van der Waals surface area contributed by atoms with Gasteiger partial charge in [-0.05, 0) is 37.1 Å². The van der Waals surface area contributed by atoms with Crippen LogP contribution < -0.4 is 5.56 Å². The molecule has 0 unspecified atom stereocenters. The lowest BCUT2D eigenvalue weighted by Gasteiger charge is -2.05. The Hall–Kier alpha value is -1.89. The van der Waals surface area contributed by atoms with Gasteiger partial charge in [0.2, 0.25) is 0 Å². The number of hydrogen-bond donors (Lipinski definition) is 1. The van der Waals surface area contributed by atoms with Gasteiger partial charge >= 0.3 is 5.97 Å². The first-order chi connectivity index (χ1) is 11.4. The minimum Gasteiger partial charge on any atom is -0.457 e. The van der Waals surface area contributed by atoms with E-state index in [0.29, 0.717) is 36.5 Å². The van der Waals surface area contributed by atoms with Gasteiger partial charge in [0, 0.05) is 0 Å². The van der Waals surface area contributed by atoms with Gasteiger partial charge in [0.05, 0.1) is 15.4 Å². The highest BCUT2D eigenvalue weighted by Crippen LogP contribution is 2.28. The number of thiophene rings is 1. The number of hydrogen-bond acceptors (Lipinski definition) is 5. The van der Waals surface area contributed by atoms with Crippen molar-refractivity contribution in [2.75, 3.05) is 0 Å². The number of H-pyrrole nitrogens is 1. The van der Waals surface area contributed by atoms with Crippen molar-refractivity contribution in [3.63, 3.8) is 0 Å². The molecule has 3 aromatic rings. The van der Waals surface area contributed by atoms with E-state index in [1.165, 1.54) is 0 Å². The molecule has 5 nitrogen and oxygen atoms in total. The summed E-state index contributed by atoms with van der Waals surface area (Å²) in [7, 11) is 0. The highest BCUT2D eigenvalue weighted by Gasteiger charge is 2.20. The summed E-state index contributed by atoms with van der Waals surface area (Å²) in [6.45, 7) is 3.46. The minimum atomic E-state index is -0.501. The molecule has 124 valence electrons. The molecule has 0 bridgehead atoms. The van der Waals surface area contributed by atoms with Crippen LogP contribution in [-0.2, 0) is 11.3 Å². The van der Waals surface area contributed by atoms with Crippen LogP contribution in [0.25, 0.3) is 10.2 Å². The Morgan fingerprint density at radius 2 is 2.04 bits per heavy atom. The zero-order valence-electron chi connectivity index (χ0n) is 12.8. The van der Waals surface area contributed by atoms with Gasteiger partial charge in [-0.25, -0.2) is 9.78 Å². The van der Waals surface area contributed by atoms with Crippen LogP contribution in [0.1, 0.15) is 26.6 Å². The number of nitrogens with zero attached hydrogens (tertiary/aromatic N) is 1. The molecule has 3 rings (SSSR count). The molecule has 2 aromatic heterocycles. The average molecular weight is 383 g/mol. The first-order valence-electron chi connectivity index (χ1n) is 6.98. The van der Waals surface area contributed by atoms with Gasteiger partial charge in [-0.1, -0.05) is 29.3 Å². The fraction of sp³-hybridized carbons (Fsp3) is 0.188. The van der Waals surface area contributed by atoms with E-state index in [-0.39, 0.29) is 12.2 Å². The van der Waals surface area contributed by atoms with Crippen LogP contribution in [0.15, 0.2) is 23.0 Å². The van der Waals surface area contributed by atoms with Crippen LogP contribution in [0.5, 0.6) is 0 Å². The lowest BCUT2D eigenvalue weighted by Crippen LogP contribution is -2.10. The first-order valence-corrected chi connectivity index (χ1v) is 8.55. The molecule has 1 aromatic carbocycles. The molecule has 0 radical (unpaired) electrons. The second-order valence-electron chi connectivity index (χ2n) is 5.21. The van der Waals surface area contributed by atoms with E-state index in [4.69, 9.17) is 27.9 Å². The first kappa shape index (κ1) is 17.0. The van der Waals surface area contributed by atoms with Gasteiger partial charge in [0.15, 0.2) is 0 Å². The van der Waals surface area contributed by atoms with Crippen molar-refractivity contribution >= 4 is 50.7 Å². The molecule has 0 aliphatic rings. The molecule has 0 saturated carbocycles. The van der Waals surface area contributed by atoms with Gasteiger partial charge in [0.1, 0.15) is 22.1 Å². The topological polar surface area (TPSA) is 72.0 Å². The zero-order chi connectivity index (χ0) is 17.4. The van der Waals surface area contributed by atoms with E-state index in [0.717, 1.165) is 16.9 Å². The summed E-state index contributed by atoms with van der Waals surface area (Å²) in [5.41, 5.74) is 1.04. The lowest BCUT2D eigenvalue weighted by molar-refractivity contribution is 0.0478. The minimum absolute atomic E-state index is 0.0617. The summed E-state index contributed by atoms with van der Waals surface area (Å²) in [5.74, 6) is 0.00287. The van der Waals surface area contributed by atoms with Crippen LogP contribution in [0.2, 0.25) is 10.0 Å². The average Bonchev–Trinajstić information content (AvgIpc) is 2.85. The number of esters is 1. The fourth-order valence-electron chi connectivity index (χ4n) is 2.29. The second kappa shape index (κ2) is 6.55. The van der Waals surface area contributed by atoms with Gasteiger partial charge in [-0.2, -0.15) is 0 Å². The quantitative estimate of drug-likeness (QED) is 0.686. The molecule has 0 fully saturated rings. The van der Waals surface area contributed by atoms with Crippen molar-refractivity contribution in [1.29, 1.82) is 0 Å². The summed E-state index contributed by atoms with van der Waals surface area (Å²) in [4.78, 5) is 32.2. The number of nitrogens with one attached hydrogen (secondary N) is 1. The van der Waals surface area contributed by atoms with Crippen LogP contribution in [-0.4, -0.2) is 15.9 Å². The molecule has 1 N–H and O–H groups in total. The molecule has 0 amide bonds. The van der Waals surface area contributed by atoms with E-state index in [1.54, 1.807) is 32.0 Å². The van der Waals surface area contributed by atoms with E-state index < -0.39 is 5.97 Å². The molecule has 0 aliphatic carbocycles. The molecule has 0 aliphatic heterocycles. The Balaban J connectivity index is 1.86. The number of carbonyl (C=O) groups is 1. The molecular formula is C16H12Cl2N2O3S. The number of aromatic nitrogens is 2. The smallest absolute Gasteiger partial charge is 0.349 e. The number of aromatic amines is 1. The van der Waals surface area contributed by atoms with Crippen molar-refractivity contribution in [2.45, 2.75) is 20.5 Å². The number of aryl methyl sites for hydroxylation is 2. The maximum Gasteiger partial charge on any atom is 0.349 e. The SMILES string of the molecule is Cc1nc2sc(C(=O)OCc3ccc(Cl)c(Cl)c3)c(C)c2c(=O)[nH]1. The third-order valence-corrected chi connectivity index (χ3v) is 5.36. The van der Waals surface area contributed by atoms with E-state index in [2.05, 4.69) is 9.97 Å². The third kappa shape index (κ3) is 3.17. The van der Waals surface area contributed by atoms with Crippen molar-refractivity contribution in [2.24, 2.45) is 0 Å². The van der Waals surface area contributed by atoms with Crippen LogP contribution in [0.4, 0.5) is 0 Å². The summed E-state index contributed by atoms with van der Waals surface area (Å²) in [5, 5.41) is 1.26. The number of benzene rings is 1. The number of fused-ring (bicyclic) bond motifs is 1. The molecule has 24 heavy (non-hydrogen) atoms. The Morgan fingerprint density at radius 1 is 1.29 bits per heavy atom. The van der Waals surface area contributed by atoms with Crippen molar-refractivity contribution in [1.82, 2.24) is 9.97 Å². The van der Waals surface area contributed by atoms with Gasteiger partial charge in [-0.3, -0.25) is 4.79 Å². The Bertz CT molecular complexity index is 1010. The number of carbonyl (C=O) groups excluding carboxylic acids is 1. The van der Waals surface area contributed by atoms with E-state index in [1.807, 2.05) is 0 Å². The molecule has 0 atom stereocenters. The predicted molar refractivity (Wildman–Crippen MR) is 95.3 cm³/mol. The Kier molecular flexibility index (Phi) is 4.62. The van der Waals surface area contributed by atoms with Gasteiger partial charge < -0.3 is 9.72 Å². The van der Waals surface area contributed by atoms with E-state index in [9.17, 15) is 9.59 Å². The van der Waals surface area contributed by atoms with E-state index >= 15 is 0 Å². The summed E-state index contributed by atoms with van der Waals surface area (Å²) >= 11 is 12.9. The van der Waals surface area contributed by atoms with Gasteiger partial charge in [-0.15, -0.1) is 11.3 Å². The maximum atomic E-state index is 12.3. The molecule has 0 spiro atoms. The predicted octanol–water partition coefficient (Wildman–Crippen LogP) is 4.27. The van der Waals surface area contributed by atoms with Crippen LogP contribution in [0, 0.1) is 13.8 Å². The largest absolute Gasteiger partial charge is 0.457 e. The number of halogens is 2. The van der Waals surface area contributed by atoms with Crippen molar-refractivity contribution < 1.29 is 9.53 Å². The summed E-state index contributed by atoms with van der Waals surface area (Å²) in [6, 6.07) is 5.02. The zero-order valence-corrected chi connectivity index (χ0v) is 15.1. The Labute approximate surface area is 151 Å². The monoisotopic (exact) mass is 382 g/mol. The lowest BCUT2D eigenvalue weighted by atomic mass is 10.2. The van der Waals surface area contributed by atoms with Gasteiger partial charge in [0.25, 0.3) is 5.56 Å². The third-order valence-electron chi connectivity index (χ3n) is 3.46. The van der Waals surface area contributed by atoms with Crippen LogP contribution in [0.3, 0.4) is 0 Å². The van der Waals surface area contributed by atoms with Crippen molar-refractivity contribution in [3.8, 4) is 0 Å².